The molecule has 0 saturated heterocycles. The molecule has 0 aliphatic rings. The summed E-state index contributed by atoms with van der Waals surface area (Å²) in [6.07, 6.45) is 0. The van der Waals surface area contributed by atoms with Crippen LogP contribution >= 0.6 is 23.2 Å². The number of phenolic OH excluding ortho intramolecular Hbond substituents is 1. The van der Waals surface area contributed by atoms with Crippen molar-refractivity contribution in [3.05, 3.63) is 52.3 Å². The van der Waals surface area contributed by atoms with Crippen LogP contribution in [0.2, 0.25) is 10.0 Å². The van der Waals surface area contributed by atoms with Crippen molar-refractivity contribution in [2.75, 3.05) is 0 Å². The van der Waals surface area contributed by atoms with Crippen molar-refractivity contribution in [3.63, 3.8) is 0 Å². The van der Waals surface area contributed by atoms with Gasteiger partial charge >= 0.3 is 0 Å². The van der Waals surface area contributed by atoms with Crippen LogP contribution in [-0.4, -0.2) is 5.11 Å². The van der Waals surface area contributed by atoms with Gasteiger partial charge in [-0.05, 0) is 24.3 Å². The highest BCUT2D eigenvalue weighted by atomic mass is 35.5. The fraction of sp³-hybridized carbons (Fsp3) is 0. The van der Waals surface area contributed by atoms with Crippen molar-refractivity contribution in [2.45, 2.75) is 0 Å². The van der Waals surface area contributed by atoms with Crippen molar-refractivity contribution < 1.29 is 9.50 Å². The molecule has 0 radical (unpaired) electrons. The minimum absolute atomic E-state index is 0.229. The number of hydrogen-bond donors (Lipinski definition) is 1. The number of halogens is 3. The van der Waals surface area contributed by atoms with E-state index in [9.17, 15) is 9.50 Å². The minimum Gasteiger partial charge on any atom is -0.505 e. The van der Waals surface area contributed by atoms with E-state index in [4.69, 9.17) is 23.2 Å². The van der Waals surface area contributed by atoms with E-state index in [1.165, 1.54) is 12.1 Å². The van der Waals surface area contributed by atoms with Gasteiger partial charge in [0.15, 0.2) is 11.6 Å². The molecule has 0 unspecified atom stereocenters. The lowest BCUT2D eigenvalue weighted by atomic mass is 10.0. The quantitative estimate of drug-likeness (QED) is 0.797. The maximum Gasteiger partial charge on any atom is 0.172 e. The third-order valence-electron chi connectivity index (χ3n) is 2.20. The molecule has 0 saturated carbocycles. The highest BCUT2D eigenvalue weighted by molar-refractivity contribution is 6.35. The van der Waals surface area contributed by atoms with Gasteiger partial charge < -0.3 is 5.11 Å². The third kappa shape index (κ3) is 1.99. The van der Waals surface area contributed by atoms with Crippen LogP contribution in [0, 0.1) is 5.82 Å². The second-order valence-electron chi connectivity index (χ2n) is 3.26. The number of hydrogen-bond acceptors (Lipinski definition) is 1. The van der Waals surface area contributed by atoms with E-state index in [0.29, 0.717) is 15.6 Å². The summed E-state index contributed by atoms with van der Waals surface area (Å²) in [5.41, 5.74) is 0.690. The monoisotopic (exact) mass is 256 g/mol. The molecule has 16 heavy (non-hydrogen) atoms. The molecule has 0 amide bonds. The fourth-order valence-corrected chi connectivity index (χ4v) is 1.82. The van der Waals surface area contributed by atoms with Gasteiger partial charge in [-0.15, -0.1) is 0 Å². The molecule has 2 aromatic rings. The average Bonchev–Trinajstić information content (AvgIpc) is 2.26. The van der Waals surface area contributed by atoms with Crippen LogP contribution in [0.5, 0.6) is 5.75 Å². The fourth-order valence-electron chi connectivity index (χ4n) is 1.43. The van der Waals surface area contributed by atoms with E-state index in [2.05, 4.69) is 0 Å². The van der Waals surface area contributed by atoms with Gasteiger partial charge in [0.25, 0.3) is 0 Å². The molecule has 0 aromatic heterocycles. The Morgan fingerprint density at radius 2 is 1.75 bits per heavy atom. The molecule has 0 bridgehead atoms. The summed E-state index contributed by atoms with van der Waals surface area (Å²) in [6.45, 7) is 0. The van der Waals surface area contributed by atoms with E-state index < -0.39 is 11.6 Å². The molecule has 0 fully saturated rings. The maximum atomic E-state index is 13.6. The lowest BCUT2D eigenvalue weighted by Gasteiger charge is -2.07. The zero-order valence-corrected chi connectivity index (χ0v) is 9.56. The molecule has 82 valence electrons. The molecule has 2 rings (SSSR count). The second kappa shape index (κ2) is 4.32. The summed E-state index contributed by atoms with van der Waals surface area (Å²) in [6, 6.07) is 9.12. The number of aromatic hydroxyl groups is 1. The second-order valence-corrected chi connectivity index (χ2v) is 4.11. The number of benzene rings is 2. The normalized spacial score (nSPS) is 10.4. The molecule has 0 heterocycles. The molecule has 0 atom stereocenters. The van der Waals surface area contributed by atoms with Crippen molar-refractivity contribution in [3.8, 4) is 16.9 Å². The SMILES string of the molecule is Oc1cccc(-c2cc(Cl)ccc2Cl)c1F. The molecular formula is C12H7Cl2FO. The molecule has 1 nitrogen and oxygen atoms in total. The Hall–Kier alpha value is -1.25. The summed E-state index contributed by atoms with van der Waals surface area (Å²) in [5, 5.41) is 10.1. The minimum atomic E-state index is -0.702. The van der Waals surface area contributed by atoms with Gasteiger partial charge in [0.2, 0.25) is 0 Å². The molecule has 0 spiro atoms. The van der Waals surface area contributed by atoms with Crippen LogP contribution in [0.1, 0.15) is 0 Å². The number of rotatable bonds is 1. The van der Waals surface area contributed by atoms with E-state index in [-0.39, 0.29) is 5.56 Å². The Morgan fingerprint density at radius 3 is 2.50 bits per heavy atom. The van der Waals surface area contributed by atoms with E-state index >= 15 is 0 Å². The van der Waals surface area contributed by atoms with Crippen LogP contribution in [-0.2, 0) is 0 Å². The Labute approximate surface area is 102 Å². The zero-order chi connectivity index (χ0) is 11.7. The third-order valence-corrected chi connectivity index (χ3v) is 2.76. The summed E-state index contributed by atoms with van der Waals surface area (Å²) in [4.78, 5) is 0. The lowest BCUT2D eigenvalue weighted by molar-refractivity contribution is 0.433. The van der Waals surface area contributed by atoms with Gasteiger partial charge in [0.05, 0.1) is 0 Å². The zero-order valence-electron chi connectivity index (χ0n) is 8.05. The Bertz CT molecular complexity index is 541. The predicted molar refractivity (Wildman–Crippen MR) is 63.5 cm³/mol. The number of phenols is 1. The molecule has 0 aliphatic heterocycles. The standard InChI is InChI=1S/C12H7Cl2FO/c13-7-4-5-10(14)9(6-7)8-2-1-3-11(16)12(8)15/h1-6,16H. The van der Waals surface area contributed by atoms with E-state index in [1.807, 2.05) is 0 Å². The van der Waals surface area contributed by atoms with Crippen LogP contribution in [0.25, 0.3) is 11.1 Å². The smallest absolute Gasteiger partial charge is 0.172 e. The predicted octanol–water partition coefficient (Wildman–Crippen LogP) is 4.51. The van der Waals surface area contributed by atoms with Gasteiger partial charge in [0, 0.05) is 21.2 Å². The first-order chi connectivity index (χ1) is 7.59. The first-order valence-electron chi connectivity index (χ1n) is 4.52. The van der Waals surface area contributed by atoms with Crippen LogP contribution < -0.4 is 0 Å². The molecule has 1 N–H and O–H groups in total. The maximum absolute atomic E-state index is 13.6. The highest BCUT2D eigenvalue weighted by Crippen LogP contribution is 2.34. The Morgan fingerprint density at radius 1 is 1.00 bits per heavy atom. The Balaban J connectivity index is 2.67. The first-order valence-corrected chi connectivity index (χ1v) is 5.28. The summed E-state index contributed by atoms with van der Waals surface area (Å²) >= 11 is 11.8. The Kier molecular flexibility index (Phi) is 3.03. The highest BCUT2D eigenvalue weighted by Gasteiger charge is 2.12. The summed E-state index contributed by atoms with van der Waals surface area (Å²) in [5.74, 6) is -1.11. The van der Waals surface area contributed by atoms with E-state index in [0.717, 1.165) is 0 Å². The lowest BCUT2D eigenvalue weighted by Crippen LogP contribution is -1.86. The van der Waals surface area contributed by atoms with Gasteiger partial charge in [-0.25, -0.2) is 4.39 Å². The van der Waals surface area contributed by atoms with Crippen molar-refractivity contribution in [2.24, 2.45) is 0 Å². The molecule has 4 heteroatoms. The van der Waals surface area contributed by atoms with Gasteiger partial charge in [-0.1, -0.05) is 35.3 Å². The molecular weight excluding hydrogens is 250 g/mol. The van der Waals surface area contributed by atoms with Crippen molar-refractivity contribution >= 4 is 23.2 Å². The largest absolute Gasteiger partial charge is 0.505 e. The molecule has 0 aliphatic carbocycles. The summed E-state index contributed by atoms with van der Waals surface area (Å²) in [7, 11) is 0. The molecule has 2 aromatic carbocycles. The van der Waals surface area contributed by atoms with Crippen LogP contribution in [0.15, 0.2) is 36.4 Å². The topological polar surface area (TPSA) is 20.2 Å². The van der Waals surface area contributed by atoms with Gasteiger partial charge in [0.1, 0.15) is 0 Å². The van der Waals surface area contributed by atoms with Gasteiger partial charge in [-0.3, -0.25) is 0 Å². The first kappa shape index (κ1) is 11.2. The van der Waals surface area contributed by atoms with Crippen LogP contribution in [0.3, 0.4) is 0 Å². The van der Waals surface area contributed by atoms with Gasteiger partial charge in [-0.2, -0.15) is 0 Å². The summed E-state index contributed by atoms with van der Waals surface area (Å²) < 4.78 is 13.6. The van der Waals surface area contributed by atoms with Crippen molar-refractivity contribution in [1.29, 1.82) is 0 Å². The van der Waals surface area contributed by atoms with Crippen molar-refractivity contribution in [1.82, 2.24) is 0 Å². The average molecular weight is 257 g/mol. The van der Waals surface area contributed by atoms with Crippen LogP contribution in [0.4, 0.5) is 4.39 Å². The van der Waals surface area contributed by atoms with E-state index in [1.54, 1.807) is 24.3 Å².